The Morgan fingerprint density at radius 1 is 1.17 bits per heavy atom. The molecule has 0 atom stereocenters. The van der Waals surface area contributed by atoms with E-state index in [0.717, 1.165) is 12.0 Å². The van der Waals surface area contributed by atoms with Crippen LogP contribution < -0.4 is 0 Å². The van der Waals surface area contributed by atoms with Crippen LogP contribution in [0.4, 0.5) is 0 Å². The van der Waals surface area contributed by atoms with Gasteiger partial charge in [0.1, 0.15) is 0 Å². The van der Waals surface area contributed by atoms with E-state index in [-0.39, 0.29) is 0 Å². The quantitative estimate of drug-likeness (QED) is 0.758. The fourth-order valence-corrected chi connectivity index (χ4v) is 2.65. The predicted molar refractivity (Wildman–Crippen MR) is 73.9 cm³/mol. The molecule has 1 fully saturated rings. The average Bonchev–Trinajstić information content (AvgIpc) is 2.79. The van der Waals surface area contributed by atoms with Crippen molar-refractivity contribution in [3.63, 3.8) is 0 Å². The summed E-state index contributed by atoms with van der Waals surface area (Å²) < 4.78 is 11.6. The summed E-state index contributed by atoms with van der Waals surface area (Å²) in [6.45, 7) is 5.74. The molecule has 3 heteroatoms. The summed E-state index contributed by atoms with van der Waals surface area (Å²) in [6.07, 6.45) is 1.79. The van der Waals surface area contributed by atoms with Gasteiger partial charge in [0.25, 0.3) is 0 Å². The zero-order valence-electron chi connectivity index (χ0n) is 11.1. The minimum absolute atomic E-state index is 0.535. The Bertz CT molecular complexity index is 367. The lowest BCUT2D eigenvalue weighted by molar-refractivity contribution is -0.166. The van der Waals surface area contributed by atoms with Crippen molar-refractivity contribution in [2.45, 2.75) is 32.5 Å². The molecule has 0 amide bonds. The van der Waals surface area contributed by atoms with Gasteiger partial charge in [0.05, 0.1) is 13.2 Å². The Morgan fingerprint density at radius 2 is 1.78 bits per heavy atom. The van der Waals surface area contributed by atoms with Crippen LogP contribution in [0.2, 0.25) is 0 Å². The summed E-state index contributed by atoms with van der Waals surface area (Å²) in [5, 5.41) is 0. The summed E-state index contributed by atoms with van der Waals surface area (Å²) in [7, 11) is 0. The van der Waals surface area contributed by atoms with E-state index in [2.05, 4.69) is 38.1 Å². The van der Waals surface area contributed by atoms with Crippen molar-refractivity contribution < 1.29 is 9.47 Å². The number of ether oxygens (including phenoxy) is 2. The number of hydrogen-bond acceptors (Lipinski definition) is 2. The minimum atomic E-state index is -0.613. The Labute approximate surface area is 114 Å². The molecule has 1 aliphatic heterocycles. The monoisotopic (exact) mass is 268 g/mol. The van der Waals surface area contributed by atoms with E-state index >= 15 is 0 Å². The van der Waals surface area contributed by atoms with Crippen molar-refractivity contribution in [1.82, 2.24) is 0 Å². The first-order valence-corrected chi connectivity index (χ1v) is 7.13. The first-order chi connectivity index (χ1) is 8.66. The summed E-state index contributed by atoms with van der Waals surface area (Å²) >= 11 is 5.86. The summed E-state index contributed by atoms with van der Waals surface area (Å²) in [4.78, 5) is 0. The summed E-state index contributed by atoms with van der Waals surface area (Å²) in [5.74, 6) is 0.595. The number of halogens is 1. The molecule has 0 aliphatic carbocycles. The zero-order chi connectivity index (χ0) is 13.0. The molecule has 0 aromatic heterocycles. The van der Waals surface area contributed by atoms with E-state index in [1.807, 2.05) is 0 Å². The maximum absolute atomic E-state index is 5.86. The average molecular weight is 269 g/mol. The van der Waals surface area contributed by atoms with E-state index in [1.54, 1.807) is 0 Å². The van der Waals surface area contributed by atoms with Gasteiger partial charge in [-0.3, -0.25) is 0 Å². The van der Waals surface area contributed by atoms with Crippen LogP contribution in [-0.4, -0.2) is 19.1 Å². The van der Waals surface area contributed by atoms with Crippen molar-refractivity contribution in [2.75, 3.05) is 19.1 Å². The largest absolute Gasteiger partial charge is 0.343 e. The fourth-order valence-electron chi connectivity index (χ4n) is 2.40. The third-order valence-corrected chi connectivity index (χ3v) is 3.40. The third-order valence-electron chi connectivity index (χ3n) is 3.22. The fraction of sp³-hybridized carbons (Fsp3) is 0.600. The molecule has 0 saturated carbocycles. The molecule has 100 valence electrons. The molecule has 1 heterocycles. The minimum Gasteiger partial charge on any atom is -0.343 e. The molecule has 2 nitrogen and oxygen atoms in total. The second-order valence-electron chi connectivity index (χ2n) is 5.18. The molecule has 1 aliphatic rings. The van der Waals surface area contributed by atoms with Gasteiger partial charge in [-0.15, -0.1) is 11.6 Å². The van der Waals surface area contributed by atoms with Crippen molar-refractivity contribution in [3.05, 3.63) is 35.4 Å². The Kier molecular flexibility index (Phi) is 4.66. The molecule has 2 rings (SSSR count). The maximum atomic E-state index is 5.86. The Balaban J connectivity index is 2.16. The molecular formula is C15H21ClO2. The van der Waals surface area contributed by atoms with Gasteiger partial charge in [0, 0.05) is 17.9 Å². The van der Waals surface area contributed by atoms with Crippen LogP contribution in [0.1, 0.15) is 31.4 Å². The maximum Gasteiger partial charge on any atom is 0.196 e. The van der Waals surface area contributed by atoms with E-state index in [0.29, 0.717) is 31.4 Å². The van der Waals surface area contributed by atoms with Crippen LogP contribution in [0.3, 0.4) is 0 Å². The van der Waals surface area contributed by atoms with Gasteiger partial charge in [0.15, 0.2) is 5.79 Å². The van der Waals surface area contributed by atoms with Crippen molar-refractivity contribution in [1.29, 1.82) is 0 Å². The molecule has 0 unspecified atom stereocenters. The summed E-state index contributed by atoms with van der Waals surface area (Å²) in [6, 6.07) is 8.54. The molecule has 0 spiro atoms. The molecule has 1 aromatic rings. The molecule has 18 heavy (non-hydrogen) atoms. The normalized spacial score (nSPS) is 18.4. The van der Waals surface area contributed by atoms with E-state index in [1.165, 1.54) is 5.56 Å². The van der Waals surface area contributed by atoms with Crippen molar-refractivity contribution >= 4 is 11.6 Å². The van der Waals surface area contributed by atoms with Crippen LogP contribution in [-0.2, 0) is 21.7 Å². The van der Waals surface area contributed by atoms with Crippen LogP contribution in [0.25, 0.3) is 0 Å². The lowest BCUT2D eigenvalue weighted by Crippen LogP contribution is -2.27. The van der Waals surface area contributed by atoms with E-state index in [9.17, 15) is 0 Å². The SMILES string of the molecule is CC(C)Cc1ccc(C2(CCCl)OCCO2)cc1. The lowest BCUT2D eigenvalue weighted by atomic mass is 9.98. The van der Waals surface area contributed by atoms with E-state index < -0.39 is 5.79 Å². The number of benzene rings is 1. The van der Waals surface area contributed by atoms with Crippen LogP contribution in [0, 0.1) is 5.92 Å². The van der Waals surface area contributed by atoms with Crippen LogP contribution in [0.15, 0.2) is 24.3 Å². The van der Waals surface area contributed by atoms with Crippen LogP contribution in [0.5, 0.6) is 0 Å². The van der Waals surface area contributed by atoms with Gasteiger partial charge in [-0.05, 0) is 17.9 Å². The second kappa shape index (κ2) is 6.05. The Morgan fingerprint density at radius 3 is 2.28 bits per heavy atom. The lowest BCUT2D eigenvalue weighted by Gasteiger charge is -2.27. The molecule has 0 radical (unpaired) electrons. The number of hydrogen-bond donors (Lipinski definition) is 0. The van der Waals surface area contributed by atoms with Gasteiger partial charge < -0.3 is 9.47 Å². The molecule has 1 aromatic carbocycles. The topological polar surface area (TPSA) is 18.5 Å². The third kappa shape index (κ3) is 3.05. The predicted octanol–water partition coefficient (Wildman–Crippen LogP) is 3.71. The highest BCUT2D eigenvalue weighted by Crippen LogP contribution is 2.35. The van der Waals surface area contributed by atoms with Gasteiger partial charge in [0.2, 0.25) is 0 Å². The zero-order valence-corrected chi connectivity index (χ0v) is 11.9. The molecular weight excluding hydrogens is 248 g/mol. The van der Waals surface area contributed by atoms with E-state index in [4.69, 9.17) is 21.1 Å². The molecule has 0 N–H and O–H groups in total. The first kappa shape index (κ1) is 13.9. The van der Waals surface area contributed by atoms with Gasteiger partial charge in [-0.1, -0.05) is 38.1 Å². The second-order valence-corrected chi connectivity index (χ2v) is 5.56. The standard InChI is InChI=1S/C15H21ClO2/c1-12(2)11-13-3-5-14(6-4-13)15(7-8-16)17-9-10-18-15/h3-6,12H,7-11H2,1-2H3. The number of alkyl halides is 1. The first-order valence-electron chi connectivity index (χ1n) is 6.59. The Hall–Kier alpha value is -0.570. The van der Waals surface area contributed by atoms with Crippen molar-refractivity contribution in [2.24, 2.45) is 5.92 Å². The highest BCUT2D eigenvalue weighted by Gasteiger charge is 2.37. The number of rotatable bonds is 5. The smallest absolute Gasteiger partial charge is 0.196 e. The highest BCUT2D eigenvalue weighted by atomic mass is 35.5. The van der Waals surface area contributed by atoms with Gasteiger partial charge in [-0.2, -0.15) is 0 Å². The summed E-state index contributed by atoms with van der Waals surface area (Å²) in [5.41, 5.74) is 2.43. The molecule has 1 saturated heterocycles. The van der Waals surface area contributed by atoms with Crippen LogP contribution >= 0.6 is 11.6 Å². The highest BCUT2D eigenvalue weighted by molar-refractivity contribution is 6.17. The van der Waals surface area contributed by atoms with Gasteiger partial charge in [-0.25, -0.2) is 0 Å². The molecule has 0 bridgehead atoms. The van der Waals surface area contributed by atoms with Crippen molar-refractivity contribution in [3.8, 4) is 0 Å². The van der Waals surface area contributed by atoms with Gasteiger partial charge >= 0.3 is 0 Å².